The summed E-state index contributed by atoms with van der Waals surface area (Å²) in [6.07, 6.45) is 0. The Labute approximate surface area is 225 Å². The van der Waals surface area contributed by atoms with Gasteiger partial charge in [0.1, 0.15) is 6.61 Å². The van der Waals surface area contributed by atoms with Crippen LogP contribution in [0, 0.1) is 0 Å². The molecular weight excluding hydrogens is 515 g/mol. The molecule has 1 atom stereocenters. The van der Waals surface area contributed by atoms with Crippen LogP contribution in [0.3, 0.4) is 0 Å². The van der Waals surface area contributed by atoms with Crippen molar-refractivity contribution in [2.45, 2.75) is 26.5 Å². The van der Waals surface area contributed by atoms with Gasteiger partial charge in [0, 0.05) is 0 Å². The third-order valence-corrected chi connectivity index (χ3v) is 6.35. The van der Waals surface area contributed by atoms with Crippen LogP contribution in [0.2, 0.25) is 10.0 Å². The predicted molar refractivity (Wildman–Crippen MR) is 143 cm³/mol. The lowest BCUT2D eigenvalue weighted by Gasteiger charge is -2.30. The van der Waals surface area contributed by atoms with Gasteiger partial charge in [0.2, 0.25) is 0 Å². The largest absolute Gasteiger partial charge is 0.490 e. The summed E-state index contributed by atoms with van der Waals surface area (Å²) >= 11 is 12.1. The summed E-state index contributed by atoms with van der Waals surface area (Å²) in [7, 11) is 0. The first kappa shape index (κ1) is 26.4. The summed E-state index contributed by atoms with van der Waals surface area (Å²) in [5.74, 6) is 0.441. The molecule has 7 nitrogen and oxygen atoms in total. The van der Waals surface area contributed by atoms with Crippen molar-refractivity contribution in [2.24, 2.45) is 0 Å². The fraction of sp³-hybridized carbons (Fsp3) is 0.214. The number of amides is 2. The second-order valence-corrected chi connectivity index (χ2v) is 8.90. The van der Waals surface area contributed by atoms with Gasteiger partial charge in [-0.05, 0) is 54.8 Å². The van der Waals surface area contributed by atoms with Crippen molar-refractivity contribution in [1.82, 2.24) is 10.6 Å². The Bertz CT molecular complexity index is 1330. The Balaban J connectivity index is 1.71. The van der Waals surface area contributed by atoms with E-state index in [-0.39, 0.29) is 13.2 Å². The number of rotatable bonds is 9. The first-order valence-electron chi connectivity index (χ1n) is 11.8. The van der Waals surface area contributed by atoms with E-state index in [4.69, 9.17) is 37.4 Å². The maximum atomic E-state index is 13.1. The normalized spacial score (nSPS) is 15.0. The number of carbonyl (C=O) groups excluding carboxylic acids is 2. The standard InChI is InChI=1S/C28H26Cl2N2O5/c1-3-35-23-15-19(11-13-22(23)37-16-17-10-12-20(29)21(30)14-17)26-24(27(33)36-4-2)25(31-28(34)32-26)18-8-6-5-7-9-18/h5-15,26H,3-4,16H2,1-2H3,(H2,31,32,34)/t26-/m1/s1. The summed E-state index contributed by atoms with van der Waals surface area (Å²) in [5.41, 5.74) is 2.85. The smallest absolute Gasteiger partial charge is 0.338 e. The molecule has 4 rings (SSSR count). The number of urea groups is 1. The Morgan fingerprint density at radius 1 is 0.892 bits per heavy atom. The number of hydrogen-bond donors (Lipinski definition) is 2. The number of carbonyl (C=O) groups is 2. The first-order chi connectivity index (χ1) is 17.9. The molecule has 3 aromatic carbocycles. The summed E-state index contributed by atoms with van der Waals surface area (Å²) in [5, 5.41) is 6.53. The second-order valence-electron chi connectivity index (χ2n) is 8.08. The Hall–Kier alpha value is -3.68. The molecular formula is C28H26Cl2N2O5. The van der Waals surface area contributed by atoms with Crippen molar-refractivity contribution in [3.8, 4) is 11.5 Å². The van der Waals surface area contributed by atoms with Gasteiger partial charge >= 0.3 is 12.0 Å². The Morgan fingerprint density at radius 2 is 1.68 bits per heavy atom. The van der Waals surface area contributed by atoms with Crippen molar-refractivity contribution in [3.05, 3.63) is 99.0 Å². The van der Waals surface area contributed by atoms with Crippen LogP contribution in [0.15, 0.2) is 72.3 Å². The molecule has 0 bridgehead atoms. The summed E-state index contributed by atoms with van der Waals surface area (Å²) in [6, 6.07) is 18.5. The highest BCUT2D eigenvalue weighted by Crippen LogP contribution is 2.37. The Kier molecular flexibility index (Phi) is 8.58. The van der Waals surface area contributed by atoms with Crippen LogP contribution < -0.4 is 20.1 Å². The van der Waals surface area contributed by atoms with Gasteiger partial charge in [0.25, 0.3) is 0 Å². The minimum atomic E-state index is -0.772. The number of nitrogens with one attached hydrogen (secondary N) is 2. The third-order valence-electron chi connectivity index (χ3n) is 5.61. The molecule has 0 spiro atoms. The first-order valence-corrected chi connectivity index (χ1v) is 12.5. The summed E-state index contributed by atoms with van der Waals surface area (Å²) in [4.78, 5) is 25.8. The highest BCUT2D eigenvalue weighted by Gasteiger charge is 2.34. The molecule has 0 saturated carbocycles. The molecule has 37 heavy (non-hydrogen) atoms. The molecule has 0 unspecified atom stereocenters. The van der Waals surface area contributed by atoms with Crippen molar-refractivity contribution in [2.75, 3.05) is 13.2 Å². The lowest BCUT2D eigenvalue weighted by atomic mass is 9.92. The highest BCUT2D eigenvalue weighted by atomic mass is 35.5. The maximum Gasteiger partial charge on any atom is 0.338 e. The predicted octanol–water partition coefficient (Wildman–Crippen LogP) is 6.30. The second kappa shape index (κ2) is 12.0. The van der Waals surface area contributed by atoms with Crippen LogP contribution in [0.5, 0.6) is 11.5 Å². The van der Waals surface area contributed by atoms with Crippen molar-refractivity contribution in [1.29, 1.82) is 0 Å². The Morgan fingerprint density at radius 3 is 2.38 bits per heavy atom. The van der Waals surface area contributed by atoms with Crippen molar-refractivity contribution >= 4 is 40.9 Å². The molecule has 3 aromatic rings. The van der Waals surface area contributed by atoms with Gasteiger partial charge < -0.3 is 24.8 Å². The topological polar surface area (TPSA) is 85.9 Å². The zero-order valence-electron chi connectivity index (χ0n) is 20.3. The lowest BCUT2D eigenvalue weighted by molar-refractivity contribution is -0.138. The maximum absolute atomic E-state index is 13.1. The van der Waals surface area contributed by atoms with Crippen molar-refractivity contribution in [3.63, 3.8) is 0 Å². The van der Waals surface area contributed by atoms with E-state index >= 15 is 0 Å². The molecule has 0 fully saturated rings. The number of halogens is 2. The molecule has 0 radical (unpaired) electrons. The van der Waals surface area contributed by atoms with Crippen LogP contribution in [0.25, 0.3) is 5.70 Å². The van der Waals surface area contributed by atoms with Gasteiger partial charge in [-0.25, -0.2) is 9.59 Å². The molecule has 1 aliphatic heterocycles. The average Bonchev–Trinajstić information content (AvgIpc) is 2.90. The van der Waals surface area contributed by atoms with Gasteiger partial charge in [0.05, 0.1) is 40.6 Å². The van der Waals surface area contributed by atoms with Gasteiger partial charge in [0.15, 0.2) is 11.5 Å². The lowest BCUT2D eigenvalue weighted by Crippen LogP contribution is -2.45. The van der Waals surface area contributed by atoms with E-state index in [1.54, 1.807) is 37.3 Å². The molecule has 9 heteroatoms. The van der Waals surface area contributed by atoms with Crippen LogP contribution in [-0.4, -0.2) is 25.2 Å². The number of benzene rings is 3. The van der Waals surface area contributed by atoms with E-state index < -0.39 is 18.0 Å². The molecule has 2 amide bonds. The van der Waals surface area contributed by atoms with Crippen LogP contribution in [0.1, 0.15) is 36.6 Å². The molecule has 0 aromatic heterocycles. The zero-order valence-corrected chi connectivity index (χ0v) is 21.9. The molecule has 0 saturated heterocycles. The number of esters is 1. The van der Waals surface area contributed by atoms with Crippen LogP contribution in [-0.2, 0) is 16.1 Å². The minimum absolute atomic E-state index is 0.191. The van der Waals surface area contributed by atoms with E-state index in [0.29, 0.717) is 50.5 Å². The zero-order chi connectivity index (χ0) is 26.4. The van der Waals surface area contributed by atoms with Gasteiger partial charge in [-0.2, -0.15) is 0 Å². The quantitative estimate of drug-likeness (QED) is 0.311. The molecule has 0 aliphatic carbocycles. The molecule has 1 aliphatic rings. The molecule has 192 valence electrons. The summed E-state index contributed by atoms with van der Waals surface area (Å²) in [6.45, 7) is 4.42. The van der Waals surface area contributed by atoms with Gasteiger partial charge in [-0.15, -0.1) is 0 Å². The highest BCUT2D eigenvalue weighted by molar-refractivity contribution is 6.42. The fourth-order valence-electron chi connectivity index (χ4n) is 3.96. The van der Waals surface area contributed by atoms with E-state index in [0.717, 1.165) is 5.56 Å². The summed E-state index contributed by atoms with van der Waals surface area (Å²) < 4.78 is 17.2. The van der Waals surface area contributed by atoms with Crippen LogP contribution in [0.4, 0.5) is 4.79 Å². The van der Waals surface area contributed by atoms with E-state index in [1.807, 2.05) is 43.3 Å². The SMILES string of the molecule is CCOC(=O)C1=C(c2ccccc2)NC(=O)N[C@@H]1c1ccc(OCc2ccc(Cl)c(Cl)c2)c(OCC)c1. The van der Waals surface area contributed by atoms with Gasteiger partial charge in [-0.1, -0.05) is 65.7 Å². The monoisotopic (exact) mass is 540 g/mol. The average molecular weight is 541 g/mol. The number of hydrogen-bond acceptors (Lipinski definition) is 5. The number of ether oxygens (including phenoxy) is 3. The van der Waals surface area contributed by atoms with Gasteiger partial charge in [-0.3, -0.25) is 0 Å². The van der Waals surface area contributed by atoms with Crippen LogP contribution >= 0.6 is 23.2 Å². The molecule has 1 heterocycles. The molecule has 2 N–H and O–H groups in total. The van der Waals surface area contributed by atoms with E-state index in [2.05, 4.69) is 10.6 Å². The third kappa shape index (κ3) is 6.18. The van der Waals surface area contributed by atoms with E-state index in [9.17, 15) is 9.59 Å². The minimum Gasteiger partial charge on any atom is -0.490 e. The van der Waals surface area contributed by atoms with Crippen molar-refractivity contribution < 1.29 is 23.8 Å². The fourth-order valence-corrected chi connectivity index (χ4v) is 4.28. The van der Waals surface area contributed by atoms with E-state index in [1.165, 1.54) is 0 Å².